The number of anilines is 1. The lowest BCUT2D eigenvalue weighted by molar-refractivity contribution is 0.0475. The highest BCUT2D eigenvalue weighted by Gasteiger charge is 2.21. The van der Waals surface area contributed by atoms with E-state index < -0.39 is 27.4 Å². The molecule has 0 atom stereocenters. The zero-order valence-corrected chi connectivity index (χ0v) is 19.1. The van der Waals surface area contributed by atoms with E-state index in [1.165, 1.54) is 25.1 Å². The maximum atomic E-state index is 13.4. The fourth-order valence-corrected chi connectivity index (χ4v) is 4.85. The van der Waals surface area contributed by atoms with Gasteiger partial charge in [0.25, 0.3) is 10.0 Å². The Kier molecular flexibility index (Phi) is 6.21. The normalized spacial score (nSPS) is 11.4. The Morgan fingerprint density at radius 1 is 1.03 bits per heavy atom. The van der Waals surface area contributed by atoms with Gasteiger partial charge in [-0.3, -0.25) is 4.72 Å². The highest BCUT2D eigenvalue weighted by Crippen LogP contribution is 2.24. The zero-order valence-electron chi connectivity index (χ0n) is 18.3. The van der Waals surface area contributed by atoms with Crippen molar-refractivity contribution in [3.05, 3.63) is 105 Å². The molecule has 9 heteroatoms. The van der Waals surface area contributed by atoms with E-state index in [0.717, 1.165) is 23.8 Å². The minimum Gasteiger partial charge on any atom is -0.457 e. The summed E-state index contributed by atoms with van der Waals surface area (Å²) in [4.78, 5) is 24.6. The number of carbonyl (C=O) groups is 1. The van der Waals surface area contributed by atoms with E-state index in [1.807, 2.05) is 13.0 Å². The van der Waals surface area contributed by atoms with Gasteiger partial charge in [-0.25, -0.2) is 22.4 Å². The molecule has 1 N–H and O–H groups in total. The largest absolute Gasteiger partial charge is 0.457 e. The van der Waals surface area contributed by atoms with Crippen molar-refractivity contribution in [1.29, 1.82) is 0 Å². The topological polar surface area (TPSA) is 103 Å². The number of hydrogen-bond acceptors (Lipinski definition) is 6. The summed E-state index contributed by atoms with van der Waals surface area (Å²) in [5.74, 6) is -1.35. The highest BCUT2D eigenvalue weighted by atomic mass is 32.2. The molecule has 0 amide bonds. The molecular weight excluding hydrogens is 461 g/mol. The van der Waals surface area contributed by atoms with Crippen LogP contribution in [-0.4, -0.2) is 14.4 Å². The number of fused-ring (bicyclic) bond motifs is 1. The Morgan fingerprint density at radius 3 is 2.56 bits per heavy atom. The van der Waals surface area contributed by atoms with E-state index in [-0.39, 0.29) is 28.3 Å². The van der Waals surface area contributed by atoms with Crippen molar-refractivity contribution in [3.63, 3.8) is 0 Å². The number of para-hydroxylation sites is 1. The first-order valence-electron chi connectivity index (χ1n) is 10.2. The lowest BCUT2D eigenvalue weighted by Crippen LogP contribution is -2.17. The van der Waals surface area contributed by atoms with Gasteiger partial charge in [-0.2, -0.15) is 0 Å². The number of rotatable bonds is 6. The lowest BCUT2D eigenvalue weighted by Gasteiger charge is -2.14. The molecule has 1 heterocycles. The Labute approximate surface area is 194 Å². The zero-order chi connectivity index (χ0) is 24.5. The van der Waals surface area contributed by atoms with Crippen LogP contribution in [0.1, 0.15) is 27.0 Å². The standard InChI is InChI=1S/C25H20FNO6S/c1-15-7-9-19-17(13-24(28)33-22(19)11-15)14-32-25(29)20-5-3-4-6-21(20)27-34(30,31)23-10-8-18(26)12-16(23)2/h3-13,27H,14H2,1-2H3. The van der Waals surface area contributed by atoms with Gasteiger partial charge in [0.05, 0.1) is 16.1 Å². The molecule has 174 valence electrons. The van der Waals surface area contributed by atoms with Crippen molar-refractivity contribution in [1.82, 2.24) is 0 Å². The minimum absolute atomic E-state index is 0.00397. The quantitative estimate of drug-likeness (QED) is 0.316. The average Bonchev–Trinajstić information content (AvgIpc) is 2.76. The molecule has 0 unspecified atom stereocenters. The Bertz CT molecular complexity index is 1580. The van der Waals surface area contributed by atoms with Crippen LogP contribution >= 0.6 is 0 Å². The molecule has 7 nitrogen and oxygen atoms in total. The van der Waals surface area contributed by atoms with Crippen LogP contribution in [-0.2, 0) is 21.4 Å². The van der Waals surface area contributed by atoms with Crippen molar-refractivity contribution in [2.75, 3.05) is 4.72 Å². The second-order valence-corrected chi connectivity index (χ2v) is 9.38. The molecule has 0 saturated heterocycles. The summed E-state index contributed by atoms with van der Waals surface area (Å²) in [5.41, 5.74) is 1.37. The Balaban J connectivity index is 1.59. The van der Waals surface area contributed by atoms with Gasteiger partial charge in [-0.05, 0) is 61.4 Å². The summed E-state index contributed by atoms with van der Waals surface area (Å²) < 4.78 is 52.1. The number of nitrogens with one attached hydrogen (secondary N) is 1. The van der Waals surface area contributed by atoms with Crippen molar-refractivity contribution in [2.45, 2.75) is 25.3 Å². The Morgan fingerprint density at radius 2 is 1.79 bits per heavy atom. The summed E-state index contributed by atoms with van der Waals surface area (Å²) in [6.07, 6.45) is 0. The molecular formula is C25H20FNO6S. The molecule has 0 aliphatic heterocycles. The van der Waals surface area contributed by atoms with E-state index in [4.69, 9.17) is 9.15 Å². The van der Waals surface area contributed by atoms with Gasteiger partial charge >= 0.3 is 11.6 Å². The highest BCUT2D eigenvalue weighted by molar-refractivity contribution is 7.92. The first kappa shape index (κ1) is 23.2. The van der Waals surface area contributed by atoms with Gasteiger partial charge in [0.15, 0.2) is 0 Å². The van der Waals surface area contributed by atoms with Crippen molar-refractivity contribution < 1.29 is 26.8 Å². The van der Waals surface area contributed by atoms with Crippen LogP contribution in [0, 0.1) is 19.7 Å². The summed E-state index contributed by atoms with van der Waals surface area (Å²) in [6, 6.07) is 15.8. The summed E-state index contributed by atoms with van der Waals surface area (Å²) in [5, 5.41) is 0.624. The van der Waals surface area contributed by atoms with E-state index in [0.29, 0.717) is 16.5 Å². The summed E-state index contributed by atoms with van der Waals surface area (Å²) >= 11 is 0. The number of esters is 1. The van der Waals surface area contributed by atoms with Gasteiger partial charge in [0, 0.05) is 17.0 Å². The van der Waals surface area contributed by atoms with Crippen LogP contribution in [0.3, 0.4) is 0 Å². The maximum Gasteiger partial charge on any atom is 0.340 e. The molecule has 1 aromatic heterocycles. The fourth-order valence-electron chi connectivity index (χ4n) is 3.54. The van der Waals surface area contributed by atoms with Gasteiger partial charge < -0.3 is 9.15 Å². The predicted octanol–water partition coefficient (Wildman–Crippen LogP) is 4.71. The van der Waals surface area contributed by atoms with Gasteiger partial charge in [0.1, 0.15) is 18.0 Å². The van der Waals surface area contributed by atoms with E-state index >= 15 is 0 Å². The number of ether oxygens (including phenoxy) is 1. The summed E-state index contributed by atoms with van der Waals surface area (Å²) in [6.45, 7) is 3.11. The predicted molar refractivity (Wildman–Crippen MR) is 125 cm³/mol. The SMILES string of the molecule is Cc1ccc2c(COC(=O)c3ccccc3NS(=O)(=O)c3ccc(F)cc3C)cc(=O)oc2c1. The monoisotopic (exact) mass is 481 g/mol. The van der Waals surface area contributed by atoms with Crippen molar-refractivity contribution in [2.24, 2.45) is 0 Å². The number of hydrogen-bond donors (Lipinski definition) is 1. The van der Waals surface area contributed by atoms with E-state index in [2.05, 4.69) is 4.72 Å². The molecule has 4 aromatic rings. The van der Waals surface area contributed by atoms with Crippen LogP contribution in [0.25, 0.3) is 11.0 Å². The smallest absolute Gasteiger partial charge is 0.340 e. The second kappa shape index (κ2) is 9.11. The van der Waals surface area contributed by atoms with Gasteiger partial charge in [0.2, 0.25) is 0 Å². The molecule has 0 bridgehead atoms. The number of sulfonamides is 1. The van der Waals surface area contributed by atoms with Gasteiger partial charge in [-0.15, -0.1) is 0 Å². The third-order valence-corrected chi connectivity index (χ3v) is 6.69. The average molecular weight is 482 g/mol. The fraction of sp³-hybridized carbons (Fsp3) is 0.120. The Hall–Kier alpha value is -3.98. The first-order valence-corrected chi connectivity index (χ1v) is 11.7. The molecule has 4 rings (SSSR count). The molecule has 0 radical (unpaired) electrons. The van der Waals surface area contributed by atoms with Crippen molar-refractivity contribution in [3.8, 4) is 0 Å². The van der Waals surface area contributed by atoms with E-state index in [1.54, 1.807) is 24.3 Å². The third-order valence-electron chi connectivity index (χ3n) is 5.16. The number of benzene rings is 3. The van der Waals surface area contributed by atoms with Crippen LogP contribution in [0.2, 0.25) is 0 Å². The second-order valence-electron chi connectivity index (χ2n) is 7.73. The van der Waals surface area contributed by atoms with Crippen LogP contribution in [0.4, 0.5) is 10.1 Å². The van der Waals surface area contributed by atoms with Crippen LogP contribution in [0.15, 0.2) is 80.8 Å². The maximum absolute atomic E-state index is 13.4. The van der Waals surface area contributed by atoms with Crippen molar-refractivity contribution >= 4 is 32.6 Å². The minimum atomic E-state index is -4.10. The molecule has 3 aromatic carbocycles. The molecule has 34 heavy (non-hydrogen) atoms. The van der Waals surface area contributed by atoms with E-state index in [9.17, 15) is 22.4 Å². The molecule has 0 fully saturated rings. The molecule has 0 saturated carbocycles. The molecule has 0 spiro atoms. The van der Waals surface area contributed by atoms with Crippen LogP contribution in [0.5, 0.6) is 0 Å². The first-order chi connectivity index (χ1) is 16.1. The molecule has 0 aliphatic rings. The lowest BCUT2D eigenvalue weighted by atomic mass is 10.1. The number of aryl methyl sites for hydroxylation is 2. The van der Waals surface area contributed by atoms with Crippen LogP contribution < -0.4 is 10.3 Å². The van der Waals surface area contributed by atoms with Gasteiger partial charge in [-0.1, -0.05) is 24.3 Å². The number of halogens is 1. The summed E-state index contributed by atoms with van der Waals surface area (Å²) in [7, 11) is -4.10. The molecule has 0 aliphatic carbocycles. The number of carbonyl (C=O) groups excluding carboxylic acids is 1. The third kappa shape index (κ3) is 4.84.